The van der Waals surface area contributed by atoms with Crippen LogP contribution in [0.25, 0.3) is 0 Å². The van der Waals surface area contributed by atoms with Crippen LogP contribution in [0.5, 0.6) is 11.5 Å². The summed E-state index contributed by atoms with van der Waals surface area (Å²) >= 11 is 0. The van der Waals surface area contributed by atoms with Crippen LogP contribution in [0.1, 0.15) is 6.42 Å². The number of aliphatic hydroxyl groups is 1. The smallest absolute Gasteiger partial charge is 0.122 e. The van der Waals surface area contributed by atoms with Gasteiger partial charge in [0, 0.05) is 12.1 Å². The van der Waals surface area contributed by atoms with E-state index >= 15 is 0 Å². The summed E-state index contributed by atoms with van der Waals surface area (Å²) < 4.78 is 10.5. The van der Waals surface area contributed by atoms with Gasteiger partial charge in [-0.05, 0) is 18.6 Å². The van der Waals surface area contributed by atoms with E-state index in [9.17, 15) is 0 Å². The third-order valence-corrected chi connectivity index (χ3v) is 2.03. The molecule has 1 aromatic rings. The maximum atomic E-state index is 8.71. The van der Waals surface area contributed by atoms with Gasteiger partial charge in [-0.3, -0.25) is 0 Å². The SMILES string of the molecule is COc1cccc(OCCC(N)CO)c1. The number of methoxy groups -OCH3 is 1. The quantitative estimate of drug-likeness (QED) is 0.730. The maximum absolute atomic E-state index is 8.71. The van der Waals surface area contributed by atoms with E-state index < -0.39 is 0 Å². The highest BCUT2D eigenvalue weighted by molar-refractivity contribution is 5.32. The molecule has 3 N–H and O–H groups in total. The molecule has 0 saturated heterocycles. The third-order valence-electron chi connectivity index (χ3n) is 2.03. The molecular weight excluding hydrogens is 194 g/mol. The van der Waals surface area contributed by atoms with Gasteiger partial charge in [0.05, 0.1) is 20.3 Å². The van der Waals surface area contributed by atoms with Gasteiger partial charge in [0.2, 0.25) is 0 Å². The van der Waals surface area contributed by atoms with Gasteiger partial charge in [0.15, 0.2) is 0 Å². The fourth-order valence-electron chi connectivity index (χ4n) is 1.11. The highest BCUT2D eigenvalue weighted by Gasteiger charge is 2.01. The van der Waals surface area contributed by atoms with Crippen LogP contribution in [-0.2, 0) is 0 Å². The van der Waals surface area contributed by atoms with Gasteiger partial charge >= 0.3 is 0 Å². The highest BCUT2D eigenvalue weighted by atomic mass is 16.5. The standard InChI is InChI=1S/C11H17NO3/c1-14-10-3-2-4-11(7-10)15-6-5-9(12)8-13/h2-4,7,9,13H,5-6,8,12H2,1H3. The summed E-state index contributed by atoms with van der Waals surface area (Å²) in [5.74, 6) is 1.51. The van der Waals surface area contributed by atoms with E-state index in [0.717, 1.165) is 11.5 Å². The molecule has 0 aliphatic rings. The topological polar surface area (TPSA) is 64.7 Å². The molecule has 0 aliphatic heterocycles. The Labute approximate surface area is 89.6 Å². The van der Waals surface area contributed by atoms with Gasteiger partial charge in [0.25, 0.3) is 0 Å². The predicted molar refractivity (Wildman–Crippen MR) is 58.2 cm³/mol. The van der Waals surface area contributed by atoms with Crippen LogP contribution >= 0.6 is 0 Å². The molecule has 1 atom stereocenters. The molecule has 1 rings (SSSR count). The van der Waals surface area contributed by atoms with Crippen LogP contribution < -0.4 is 15.2 Å². The van der Waals surface area contributed by atoms with Crippen molar-refractivity contribution in [1.82, 2.24) is 0 Å². The number of aliphatic hydroxyl groups excluding tert-OH is 1. The van der Waals surface area contributed by atoms with E-state index in [1.807, 2.05) is 24.3 Å². The van der Waals surface area contributed by atoms with Crippen molar-refractivity contribution in [2.24, 2.45) is 5.73 Å². The zero-order valence-electron chi connectivity index (χ0n) is 8.85. The van der Waals surface area contributed by atoms with Crippen LogP contribution in [0, 0.1) is 0 Å². The molecule has 0 heterocycles. The largest absolute Gasteiger partial charge is 0.497 e. The molecule has 0 bridgehead atoms. The summed E-state index contributed by atoms with van der Waals surface area (Å²) in [5, 5.41) is 8.71. The molecule has 0 fully saturated rings. The van der Waals surface area contributed by atoms with E-state index in [1.54, 1.807) is 7.11 Å². The van der Waals surface area contributed by atoms with E-state index in [4.69, 9.17) is 20.3 Å². The molecule has 0 saturated carbocycles. The fraction of sp³-hybridized carbons (Fsp3) is 0.455. The fourth-order valence-corrected chi connectivity index (χ4v) is 1.11. The van der Waals surface area contributed by atoms with Crippen molar-refractivity contribution >= 4 is 0 Å². The Morgan fingerprint density at radius 3 is 2.80 bits per heavy atom. The van der Waals surface area contributed by atoms with Gasteiger partial charge in [-0.2, -0.15) is 0 Å². The van der Waals surface area contributed by atoms with E-state index in [-0.39, 0.29) is 12.6 Å². The Balaban J connectivity index is 2.37. The summed E-state index contributed by atoms with van der Waals surface area (Å²) in [6, 6.07) is 7.17. The minimum Gasteiger partial charge on any atom is -0.497 e. The number of benzene rings is 1. The molecule has 15 heavy (non-hydrogen) atoms. The lowest BCUT2D eigenvalue weighted by atomic mass is 10.2. The minimum absolute atomic E-state index is 0.0124. The minimum atomic E-state index is -0.212. The van der Waals surface area contributed by atoms with E-state index in [1.165, 1.54) is 0 Å². The first-order chi connectivity index (χ1) is 7.26. The number of nitrogens with two attached hydrogens (primary N) is 1. The Kier molecular flexibility index (Phi) is 4.93. The number of hydrogen-bond donors (Lipinski definition) is 2. The zero-order valence-corrected chi connectivity index (χ0v) is 8.85. The van der Waals surface area contributed by atoms with Crippen LogP contribution in [0.4, 0.5) is 0 Å². The van der Waals surface area contributed by atoms with Crippen molar-refractivity contribution in [1.29, 1.82) is 0 Å². The lowest BCUT2D eigenvalue weighted by molar-refractivity contribution is 0.230. The number of ether oxygens (including phenoxy) is 2. The average Bonchev–Trinajstić information content (AvgIpc) is 2.29. The summed E-state index contributed by atoms with van der Waals surface area (Å²) in [4.78, 5) is 0. The lowest BCUT2D eigenvalue weighted by Crippen LogP contribution is -2.26. The summed E-state index contributed by atoms with van der Waals surface area (Å²) in [7, 11) is 1.61. The molecule has 0 spiro atoms. The summed E-state index contributed by atoms with van der Waals surface area (Å²) in [6.45, 7) is 0.483. The molecule has 84 valence electrons. The van der Waals surface area contributed by atoms with E-state index in [0.29, 0.717) is 13.0 Å². The van der Waals surface area contributed by atoms with Gasteiger partial charge in [0.1, 0.15) is 11.5 Å². The summed E-state index contributed by atoms with van der Waals surface area (Å²) in [5.41, 5.74) is 5.54. The molecule has 0 aromatic heterocycles. The highest BCUT2D eigenvalue weighted by Crippen LogP contribution is 2.18. The monoisotopic (exact) mass is 211 g/mol. The second-order valence-electron chi connectivity index (χ2n) is 3.26. The Morgan fingerprint density at radius 2 is 2.13 bits per heavy atom. The van der Waals surface area contributed by atoms with E-state index in [2.05, 4.69) is 0 Å². The molecule has 0 amide bonds. The van der Waals surface area contributed by atoms with Crippen LogP contribution in [0.3, 0.4) is 0 Å². The molecule has 1 unspecified atom stereocenters. The van der Waals surface area contributed by atoms with Crippen molar-refractivity contribution in [3.05, 3.63) is 24.3 Å². The van der Waals surface area contributed by atoms with Crippen molar-refractivity contribution in [3.8, 4) is 11.5 Å². The Morgan fingerprint density at radius 1 is 1.40 bits per heavy atom. The molecular formula is C11H17NO3. The molecule has 0 radical (unpaired) electrons. The second-order valence-corrected chi connectivity index (χ2v) is 3.26. The second kappa shape index (κ2) is 6.27. The number of rotatable bonds is 6. The normalized spacial score (nSPS) is 12.2. The average molecular weight is 211 g/mol. The van der Waals surface area contributed by atoms with Crippen molar-refractivity contribution in [2.75, 3.05) is 20.3 Å². The Bertz CT molecular complexity index is 291. The number of hydrogen-bond acceptors (Lipinski definition) is 4. The van der Waals surface area contributed by atoms with Gasteiger partial charge < -0.3 is 20.3 Å². The van der Waals surface area contributed by atoms with Crippen LogP contribution in [-0.4, -0.2) is 31.5 Å². The van der Waals surface area contributed by atoms with Gasteiger partial charge in [-0.1, -0.05) is 6.07 Å². The lowest BCUT2D eigenvalue weighted by Gasteiger charge is -2.10. The van der Waals surface area contributed by atoms with Crippen molar-refractivity contribution in [2.45, 2.75) is 12.5 Å². The first-order valence-corrected chi connectivity index (χ1v) is 4.89. The van der Waals surface area contributed by atoms with Crippen molar-refractivity contribution < 1.29 is 14.6 Å². The molecule has 0 aliphatic carbocycles. The summed E-state index contributed by atoms with van der Waals surface area (Å²) in [6.07, 6.45) is 0.633. The predicted octanol–water partition coefficient (Wildman–Crippen LogP) is 0.784. The van der Waals surface area contributed by atoms with Crippen LogP contribution in [0.2, 0.25) is 0 Å². The van der Waals surface area contributed by atoms with Gasteiger partial charge in [-0.15, -0.1) is 0 Å². The first-order valence-electron chi connectivity index (χ1n) is 4.89. The molecule has 1 aromatic carbocycles. The third kappa shape index (κ3) is 4.18. The first kappa shape index (κ1) is 11.8. The van der Waals surface area contributed by atoms with Crippen molar-refractivity contribution in [3.63, 3.8) is 0 Å². The van der Waals surface area contributed by atoms with Crippen LogP contribution in [0.15, 0.2) is 24.3 Å². The molecule has 4 nitrogen and oxygen atoms in total. The zero-order chi connectivity index (χ0) is 11.1. The van der Waals surface area contributed by atoms with Gasteiger partial charge in [-0.25, -0.2) is 0 Å². The Hall–Kier alpha value is -1.26. The molecule has 4 heteroatoms. The maximum Gasteiger partial charge on any atom is 0.122 e.